The van der Waals surface area contributed by atoms with Crippen molar-refractivity contribution in [3.63, 3.8) is 0 Å². The van der Waals surface area contributed by atoms with Gasteiger partial charge in [-0.05, 0) is 49.1 Å². The van der Waals surface area contributed by atoms with E-state index in [1.165, 1.54) is 36.1 Å². The highest BCUT2D eigenvalue weighted by Gasteiger charge is 2.44. The van der Waals surface area contributed by atoms with E-state index in [4.69, 9.17) is 0 Å². The maximum atomic E-state index is 14.2. The summed E-state index contributed by atoms with van der Waals surface area (Å²) in [5, 5.41) is 16.9. The minimum Gasteiger partial charge on any atom is -0.319 e. The zero-order valence-electron chi connectivity index (χ0n) is 18.4. The minimum atomic E-state index is -0.434. The molecular weight excluding hydrogens is 433 g/mol. The van der Waals surface area contributed by atoms with Crippen molar-refractivity contribution in [2.45, 2.75) is 31.7 Å². The Balaban J connectivity index is 1.56. The van der Waals surface area contributed by atoms with E-state index in [0.29, 0.717) is 27.7 Å². The number of nitrogens with zero attached hydrogens (tertiary/aromatic N) is 4. The molecule has 7 nitrogen and oxygen atoms in total. The number of amides is 1. The van der Waals surface area contributed by atoms with Crippen LogP contribution in [-0.2, 0) is 16.8 Å². The van der Waals surface area contributed by atoms with E-state index < -0.39 is 17.1 Å². The molecule has 1 saturated carbocycles. The third-order valence-electron chi connectivity index (χ3n) is 6.04. The SMILES string of the molecule is CC(=O)Cn1cc(NC(=O)c2cnc3ccc(F)cc3c2-c2ccc(C3(C#N)CC3)cc2)cn1. The fourth-order valence-electron chi connectivity index (χ4n) is 4.14. The number of nitrogens with one attached hydrogen (secondary N) is 1. The molecule has 2 aromatic carbocycles. The molecule has 0 saturated heterocycles. The molecule has 0 bridgehead atoms. The molecule has 1 aliphatic carbocycles. The van der Waals surface area contributed by atoms with Gasteiger partial charge in [0.25, 0.3) is 5.91 Å². The monoisotopic (exact) mass is 453 g/mol. The standard InChI is InChI=1S/C26H20FN5O2/c1-16(33)13-32-14-20(11-30-32)31-25(34)22-12-29-23-7-6-19(27)10-21(23)24(22)17-2-4-18(5-3-17)26(15-28)8-9-26/h2-7,10-12,14H,8-9,13H2,1H3,(H,31,34). The predicted octanol–water partition coefficient (Wildman–Crippen LogP) is 4.63. The Labute approximate surface area is 194 Å². The van der Waals surface area contributed by atoms with Gasteiger partial charge in [0.15, 0.2) is 5.78 Å². The summed E-state index contributed by atoms with van der Waals surface area (Å²) in [7, 11) is 0. The maximum Gasteiger partial charge on any atom is 0.257 e. The number of carbonyl (C=O) groups is 2. The van der Waals surface area contributed by atoms with Gasteiger partial charge in [0.1, 0.15) is 5.82 Å². The fraction of sp³-hybridized carbons (Fsp3) is 0.192. The van der Waals surface area contributed by atoms with Crippen LogP contribution in [0.2, 0.25) is 0 Å². The Bertz CT molecular complexity index is 1480. The summed E-state index contributed by atoms with van der Waals surface area (Å²) in [6.07, 6.45) is 6.16. The molecule has 1 fully saturated rings. The van der Waals surface area contributed by atoms with Crippen molar-refractivity contribution >= 4 is 28.3 Å². The summed E-state index contributed by atoms with van der Waals surface area (Å²) in [4.78, 5) is 28.9. The molecule has 1 amide bonds. The Hall–Kier alpha value is -4.38. The fourth-order valence-corrected chi connectivity index (χ4v) is 4.14. The lowest BCUT2D eigenvalue weighted by atomic mass is 9.92. The van der Waals surface area contributed by atoms with Crippen molar-refractivity contribution in [1.29, 1.82) is 5.26 Å². The highest BCUT2D eigenvalue weighted by atomic mass is 19.1. The van der Waals surface area contributed by atoms with Crippen molar-refractivity contribution in [3.8, 4) is 17.2 Å². The first kappa shape index (κ1) is 21.5. The zero-order valence-corrected chi connectivity index (χ0v) is 18.4. The number of nitriles is 1. The lowest BCUT2D eigenvalue weighted by Gasteiger charge is -2.14. The first-order valence-corrected chi connectivity index (χ1v) is 10.8. The number of aromatic nitrogens is 3. The second-order valence-corrected chi connectivity index (χ2v) is 8.56. The highest BCUT2D eigenvalue weighted by molar-refractivity contribution is 6.13. The van der Waals surface area contributed by atoms with E-state index in [1.54, 1.807) is 12.3 Å². The number of ketones is 1. The van der Waals surface area contributed by atoms with Crippen molar-refractivity contribution in [2.75, 3.05) is 5.32 Å². The Morgan fingerprint density at radius 3 is 2.62 bits per heavy atom. The lowest BCUT2D eigenvalue weighted by molar-refractivity contribution is -0.117. The van der Waals surface area contributed by atoms with E-state index in [2.05, 4.69) is 21.5 Å². The molecule has 0 atom stereocenters. The molecule has 34 heavy (non-hydrogen) atoms. The molecule has 0 radical (unpaired) electrons. The van der Waals surface area contributed by atoms with Crippen molar-refractivity contribution < 1.29 is 14.0 Å². The van der Waals surface area contributed by atoms with Crippen LogP contribution in [0.5, 0.6) is 0 Å². The van der Waals surface area contributed by atoms with Crippen LogP contribution in [-0.4, -0.2) is 26.5 Å². The van der Waals surface area contributed by atoms with Crippen LogP contribution in [0.1, 0.15) is 35.7 Å². The third-order valence-corrected chi connectivity index (χ3v) is 6.04. The molecular formula is C26H20FN5O2. The summed E-state index contributed by atoms with van der Waals surface area (Å²) in [6.45, 7) is 1.56. The Morgan fingerprint density at radius 2 is 1.94 bits per heavy atom. The van der Waals surface area contributed by atoms with Gasteiger partial charge in [-0.3, -0.25) is 19.3 Å². The number of anilines is 1. The van der Waals surface area contributed by atoms with Crippen molar-refractivity contribution in [1.82, 2.24) is 14.8 Å². The molecule has 2 aromatic heterocycles. The number of fused-ring (bicyclic) bond motifs is 1. The van der Waals surface area contributed by atoms with Gasteiger partial charge in [-0.1, -0.05) is 24.3 Å². The van der Waals surface area contributed by atoms with Crippen LogP contribution >= 0.6 is 0 Å². The molecule has 1 N–H and O–H groups in total. The van der Waals surface area contributed by atoms with Gasteiger partial charge in [-0.25, -0.2) is 4.39 Å². The summed E-state index contributed by atoms with van der Waals surface area (Å²) in [5.74, 6) is -0.927. The molecule has 2 heterocycles. The number of Topliss-reactive ketones (excluding diaryl/α,β-unsaturated/α-hetero) is 1. The summed E-state index contributed by atoms with van der Waals surface area (Å²) in [5.41, 5.74) is 3.03. The first-order chi connectivity index (χ1) is 16.4. The molecule has 1 aliphatic rings. The number of hydrogen-bond acceptors (Lipinski definition) is 5. The number of carbonyl (C=O) groups excluding carboxylic acids is 2. The van der Waals surface area contributed by atoms with E-state index in [1.807, 2.05) is 24.3 Å². The van der Waals surface area contributed by atoms with Gasteiger partial charge in [0.05, 0.1) is 41.0 Å². The average molecular weight is 453 g/mol. The largest absolute Gasteiger partial charge is 0.319 e. The van der Waals surface area contributed by atoms with E-state index >= 15 is 0 Å². The summed E-state index contributed by atoms with van der Waals surface area (Å²) in [6, 6.07) is 14.1. The van der Waals surface area contributed by atoms with Crippen molar-refractivity contribution in [2.24, 2.45) is 0 Å². The number of halogens is 1. The molecule has 0 aliphatic heterocycles. The maximum absolute atomic E-state index is 14.2. The Morgan fingerprint density at radius 1 is 1.18 bits per heavy atom. The summed E-state index contributed by atoms with van der Waals surface area (Å²) >= 11 is 0. The zero-order chi connectivity index (χ0) is 23.9. The second kappa shape index (κ2) is 8.19. The topological polar surface area (TPSA) is 101 Å². The predicted molar refractivity (Wildman–Crippen MR) is 125 cm³/mol. The van der Waals surface area contributed by atoms with Gasteiger partial charge < -0.3 is 5.32 Å². The quantitative estimate of drug-likeness (QED) is 0.459. The molecule has 168 valence electrons. The van der Waals surface area contributed by atoms with Crippen LogP contribution in [0.25, 0.3) is 22.0 Å². The van der Waals surface area contributed by atoms with Crippen LogP contribution in [0.4, 0.5) is 10.1 Å². The van der Waals surface area contributed by atoms with Gasteiger partial charge in [-0.2, -0.15) is 10.4 Å². The van der Waals surface area contributed by atoms with E-state index in [0.717, 1.165) is 18.4 Å². The van der Waals surface area contributed by atoms with Crippen LogP contribution in [0.3, 0.4) is 0 Å². The third kappa shape index (κ3) is 3.92. The smallest absolute Gasteiger partial charge is 0.257 e. The molecule has 0 spiro atoms. The van der Waals surface area contributed by atoms with Gasteiger partial charge in [-0.15, -0.1) is 0 Å². The van der Waals surface area contributed by atoms with Crippen LogP contribution in [0, 0.1) is 17.1 Å². The van der Waals surface area contributed by atoms with Crippen molar-refractivity contribution in [3.05, 3.63) is 78.0 Å². The van der Waals surface area contributed by atoms with Gasteiger partial charge in [0, 0.05) is 23.3 Å². The summed E-state index contributed by atoms with van der Waals surface area (Å²) < 4.78 is 15.6. The first-order valence-electron chi connectivity index (χ1n) is 10.8. The van der Waals surface area contributed by atoms with Gasteiger partial charge in [0.2, 0.25) is 0 Å². The molecule has 4 aromatic rings. The highest BCUT2D eigenvalue weighted by Crippen LogP contribution is 2.48. The molecule has 0 unspecified atom stereocenters. The lowest BCUT2D eigenvalue weighted by Crippen LogP contribution is -2.14. The number of hydrogen-bond donors (Lipinski definition) is 1. The minimum absolute atomic E-state index is 0.0585. The molecule has 5 rings (SSSR count). The number of pyridine rings is 1. The van der Waals surface area contributed by atoms with E-state index in [9.17, 15) is 19.2 Å². The normalized spacial score (nSPS) is 13.9. The Kier molecular flexibility index (Phi) is 5.17. The average Bonchev–Trinajstić information content (AvgIpc) is 3.52. The van der Waals surface area contributed by atoms with Crippen LogP contribution in [0.15, 0.2) is 61.1 Å². The molecule has 8 heteroatoms. The number of rotatable bonds is 6. The second-order valence-electron chi connectivity index (χ2n) is 8.56. The van der Waals surface area contributed by atoms with Crippen LogP contribution < -0.4 is 5.32 Å². The van der Waals surface area contributed by atoms with Gasteiger partial charge >= 0.3 is 0 Å². The van der Waals surface area contributed by atoms with E-state index in [-0.39, 0.29) is 17.9 Å². The number of benzene rings is 2.